The van der Waals surface area contributed by atoms with E-state index in [4.69, 9.17) is 44.5 Å². The van der Waals surface area contributed by atoms with Crippen molar-refractivity contribution in [3.63, 3.8) is 0 Å². The number of esters is 1. The highest BCUT2D eigenvalue weighted by molar-refractivity contribution is 6.37. The molecule has 0 aliphatic heterocycles. The Morgan fingerprint density at radius 1 is 0.906 bits per heavy atom. The molecule has 7 heteroatoms. The molecule has 0 bridgehead atoms. The van der Waals surface area contributed by atoms with Crippen LogP contribution in [0.1, 0.15) is 26.3 Å². The number of hydrogen-bond donors (Lipinski definition) is 0. The molecule has 0 saturated carbocycles. The van der Waals surface area contributed by atoms with Crippen LogP contribution in [0.2, 0.25) is 15.1 Å². The highest BCUT2D eigenvalue weighted by Gasteiger charge is 2.22. The molecule has 1 heterocycles. The molecule has 0 aliphatic rings. The molecule has 3 aromatic carbocycles. The molecule has 0 saturated heterocycles. The van der Waals surface area contributed by atoms with Crippen molar-refractivity contribution >= 4 is 57.5 Å². The topological polar surface area (TPSA) is 56.3 Å². The average molecular weight is 485 g/mol. The first-order valence-corrected chi connectivity index (χ1v) is 10.8. The Morgan fingerprint density at radius 3 is 2.41 bits per heavy atom. The van der Waals surface area contributed by atoms with E-state index < -0.39 is 18.4 Å². The van der Waals surface area contributed by atoms with Crippen LogP contribution >= 0.6 is 34.8 Å². The van der Waals surface area contributed by atoms with Crippen molar-refractivity contribution in [1.29, 1.82) is 0 Å². The molecule has 160 valence electrons. The normalized spacial score (nSPS) is 10.9. The second kappa shape index (κ2) is 9.29. The highest BCUT2D eigenvalue weighted by atomic mass is 35.5. The Morgan fingerprint density at radius 2 is 1.66 bits per heavy atom. The summed E-state index contributed by atoms with van der Waals surface area (Å²) in [4.78, 5) is 30.4. The Balaban J connectivity index is 1.70. The lowest BCUT2D eigenvalue weighted by atomic mass is 9.98. The zero-order chi connectivity index (χ0) is 22.8. The van der Waals surface area contributed by atoms with Gasteiger partial charge < -0.3 is 4.74 Å². The first-order chi connectivity index (χ1) is 15.3. The van der Waals surface area contributed by atoms with Gasteiger partial charge in [-0.1, -0.05) is 65.1 Å². The zero-order valence-electron chi connectivity index (χ0n) is 16.9. The Kier molecular flexibility index (Phi) is 6.47. The zero-order valence-corrected chi connectivity index (χ0v) is 19.1. The summed E-state index contributed by atoms with van der Waals surface area (Å²) in [6.45, 7) is 1.34. The average Bonchev–Trinajstić information content (AvgIpc) is 2.77. The fraction of sp³-hybridized carbons (Fsp3) is 0.0800. The van der Waals surface area contributed by atoms with Crippen molar-refractivity contribution in [2.75, 3.05) is 6.61 Å². The minimum absolute atomic E-state index is 0.201. The van der Waals surface area contributed by atoms with Crippen LogP contribution in [-0.4, -0.2) is 23.3 Å². The lowest BCUT2D eigenvalue weighted by molar-refractivity contribution is 0.0476. The van der Waals surface area contributed by atoms with Gasteiger partial charge in [0.15, 0.2) is 6.61 Å². The number of ketones is 1. The summed E-state index contributed by atoms with van der Waals surface area (Å²) in [5, 5.41) is 1.81. The van der Waals surface area contributed by atoms with E-state index in [0.29, 0.717) is 37.8 Å². The number of aromatic nitrogens is 1. The smallest absolute Gasteiger partial charge is 0.339 e. The fourth-order valence-electron chi connectivity index (χ4n) is 3.48. The molecular weight excluding hydrogens is 469 g/mol. The Hall–Kier alpha value is -2.92. The van der Waals surface area contributed by atoms with E-state index in [-0.39, 0.29) is 10.6 Å². The molecule has 0 spiro atoms. The third kappa shape index (κ3) is 4.49. The second-order valence-electron chi connectivity index (χ2n) is 7.11. The summed E-state index contributed by atoms with van der Waals surface area (Å²) in [5.41, 5.74) is 3.24. The van der Waals surface area contributed by atoms with Crippen LogP contribution in [0.3, 0.4) is 0 Å². The fourth-order valence-corrected chi connectivity index (χ4v) is 4.19. The quantitative estimate of drug-likeness (QED) is 0.222. The predicted molar refractivity (Wildman–Crippen MR) is 128 cm³/mol. The summed E-state index contributed by atoms with van der Waals surface area (Å²) >= 11 is 18.1. The van der Waals surface area contributed by atoms with Crippen molar-refractivity contribution in [2.45, 2.75) is 6.92 Å². The maximum Gasteiger partial charge on any atom is 0.339 e. The van der Waals surface area contributed by atoms with Gasteiger partial charge in [0.05, 0.1) is 21.8 Å². The Labute approximate surface area is 199 Å². The van der Waals surface area contributed by atoms with E-state index in [2.05, 4.69) is 0 Å². The number of carbonyl (C=O) groups excluding carboxylic acids is 2. The first kappa shape index (κ1) is 22.3. The number of rotatable bonds is 5. The summed E-state index contributed by atoms with van der Waals surface area (Å²) in [5.74, 6) is -1.05. The number of benzene rings is 3. The van der Waals surface area contributed by atoms with Crippen molar-refractivity contribution in [3.8, 4) is 11.3 Å². The number of ether oxygens (including phenoxy) is 1. The van der Waals surface area contributed by atoms with Gasteiger partial charge in [-0.05, 0) is 48.9 Å². The maximum absolute atomic E-state index is 13.1. The van der Waals surface area contributed by atoms with E-state index >= 15 is 0 Å². The minimum atomic E-state index is -0.622. The third-order valence-corrected chi connectivity index (χ3v) is 5.79. The second-order valence-corrected chi connectivity index (χ2v) is 8.39. The van der Waals surface area contributed by atoms with Crippen molar-refractivity contribution in [3.05, 3.63) is 98.5 Å². The molecule has 32 heavy (non-hydrogen) atoms. The van der Waals surface area contributed by atoms with Crippen LogP contribution in [-0.2, 0) is 4.74 Å². The van der Waals surface area contributed by atoms with Gasteiger partial charge in [0.1, 0.15) is 0 Å². The molecule has 0 amide bonds. The van der Waals surface area contributed by atoms with Crippen LogP contribution in [0.15, 0.2) is 66.7 Å². The largest absolute Gasteiger partial charge is 0.454 e. The number of pyridine rings is 1. The molecule has 0 aliphatic carbocycles. The van der Waals surface area contributed by atoms with Gasteiger partial charge in [-0.25, -0.2) is 9.78 Å². The predicted octanol–water partition coefficient (Wildman–Crippen LogP) is 7.21. The number of hydrogen-bond acceptors (Lipinski definition) is 4. The number of Topliss-reactive ketones (excluding diaryl/α,β-unsaturated/α-hetero) is 1. The van der Waals surface area contributed by atoms with Gasteiger partial charge in [0.25, 0.3) is 0 Å². The molecule has 1 aromatic heterocycles. The maximum atomic E-state index is 13.1. The molecule has 0 unspecified atom stereocenters. The van der Waals surface area contributed by atoms with Gasteiger partial charge in [0, 0.05) is 26.6 Å². The summed E-state index contributed by atoms with van der Waals surface area (Å²) in [6, 6.07) is 19.0. The van der Waals surface area contributed by atoms with E-state index in [0.717, 1.165) is 5.56 Å². The highest BCUT2D eigenvalue weighted by Crippen LogP contribution is 2.31. The van der Waals surface area contributed by atoms with Crippen molar-refractivity contribution in [2.24, 2.45) is 0 Å². The summed E-state index contributed by atoms with van der Waals surface area (Å²) < 4.78 is 5.40. The summed E-state index contributed by atoms with van der Waals surface area (Å²) in [7, 11) is 0. The van der Waals surface area contributed by atoms with Crippen LogP contribution < -0.4 is 0 Å². The Bertz CT molecular complexity index is 1370. The van der Waals surface area contributed by atoms with Crippen LogP contribution in [0.25, 0.3) is 22.2 Å². The molecule has 4 aromatic rings. The van der Waals surface area contributed by atoms with Crippen LogP contribution in [0.4, 0.5) is 0 Å². The van der Waals surface area contributed by atoms with Gasteiger partial charge in [-0.3, -0.25) is 4.79 Å². The molecule has 4 nitrogen and oxygen atoms in total. The number of fused-ring (bicyclic) bond motifs is 1. The van der Waals surface area contributed by atoms with Crippen molar-refractivity contribution in [1.82, 2.24) is 4.98 Å². The molecule has 0 N–H and O–H groups in total. The van der Waals surface area contributed by atoms with Crippen LogP contribution in [0.5, 0.6) is 0 Å². The van der Waals surface area contributed by atoms with Crippen molar-refractivity contribution < 1.29 is 14.3 Å². The van der Waals surface area contributed by atoms with E-state index in [1.54, 1.807) is 31.2 Å². The van der Waals surface area contributed by atoms with Gasteiger partial charge in [0.2, 0.25) is 5.78 Å². The van der Waals surface area contributed by atoms with Crippen LogP contribution in [0, 0.1) is 6.92 Å². The van der Waals surface area contributed by atoms with E-state index in [1.807, 2.05) is 30.3 Å². The lowest BCUT2D eigenvalue weighted by Crippen LogP contribution is -2.16. The third-order valence-electron chi connectivity index (χ3n) is 5.00. The van der Waals surface area contributed by atoms with E-state index in [9.17, 15) is 9.59 Å². The molecule has 0 radical (unpaired) electrons. The first-order valence-electron chi connectivity index (χ1n) is 9.66. The van der Waals surface area contributed by atoms with Gasteiger partial charge >= 0.3 is 5.97 Å². The standard InChI is InChI=1S/C25H16Cl3NO3/c1-14-23(25(31)32-13-22(30)18-10-9-17(27)12-20(18)28)19-7-2-3-8-21(19)29-24(14)15-5-4-6-16(26)11-15/h2-12H,13H2,1H3. The number of carbonyl (C=O) groups is 2. The van der Waals surface area contributed by atoms with E-state index in [1.165, 1.54) is 12.1 Å². The molecule has 0 atom stereocenters. The minimum Gasteiger partial charge on any atom is -0.454 e. The number of nitrogens with zero attached hydrogens (tertiary/aromatic N) is 1. The van der Waals surface area contributed by atoms with Gasteiger partial charge in [-0.2, -0.15) is 0 Å². The molecule has 4 rings (SSSR count). The summed E-state index contributed by atoms with van der Waals surface area (Å²) in [6.07, 6.45) is 0. The monoisotopic (exact) mass is 483 g/mol. The number of halogens is 3. The number of para-hydroxylation sites is 1. The molecular formula is C25H16Cl3NO3. The molecule has 0 fully saturated rings. The van der Waals surface area contributed by atoms with Gasteiger partial charge in [-0.15, -0.1) is 0 Å². The SMILES string of the molecule is Cc1c(-c2cccc(Cl)c2)nc2ccccc2c1C(=O)OCC(=O)c1ccc(Cl)cc1Cl. The lowest BCUT2D eigenvalue weighted by Gasteiger charge is -2.14.